The lowest BCUT2D eigenvalue weighted by molar-refractivity contribution is 0.551. The summed E-state index contributed by atoms with van der Waals surface area (Å²) in [5.41, 5.74) is 6.75. The Balaban J connectivity index is 2.16. The Morgan fingerprint density at radius 3 is 2.32 bits per heavy atom. The van der Waals surface area contributed by atoms with Crippen LogP contribution in [0, 0.1) is 0 Å². The summed E-state index contributed by atoms with van der Waals surface area (Å²) in [4.78, 5) is 0. The number of rotatable bonds is 5. The summed E-state index contributed by atoms with van der Waals surface area (Å²) in [7, 11) is 0. The van der Waals surface area contributed by atoms with E-state index in [-0.39, 0.29) is 6.04 Å². The number of halogens is 2. The Hall–Kier alpha value is -0.200. The fraction of sp³-hybridized carbons (Fsp3) is 0.286. The van der Waals surface area contributed by atoms with Crippen LogP contribution in [0.5, 0.6) is 0 Å². The van der Waals surface area contributed by atoms with Crippen molar-refractivity contribution in [2.45, 2.75) is 25.8 Å². The quantitative estimate of drug-likeness (QED) is 0.566. The highest BCUT2D eigenvalue weighted by Crippen LogP contribution is 2.36. The third-order valence-electron chi connectivity index (χ3n) is 3.13. The van der Waals surface area contributed by atoms with Gasteiger partial charge in [-0.15, -0.1) is 11.3 Å². The molecule has 0 spiro atoms. The van der Waals surface area contributed by atoms with Gasteiger partial charge in [-0.1, -0.05) is 31.2 Å². The van der Waals surface area contributed by atoms with Gasteiger partial charge in [0.25, 0.3) is 0 Å². The summed E-state index contributed by atoms with van der Waals surface area (Å²) >= 11 is 8.76. The fourth-order valence-electron chi connectivity index (χ4n) is 2.00. The van der Waals surface area contributed by atoms with Crippen LogP contribution in [0.4, 0.5) is 0 Å². The molecule has 2 aromatic rings. The first kappa shape index (κ1) is 15.2. The fourth-order valence-corrected chi connectivity index (χ4v) is 4.97. The molecule has 0 radical (unpaired) electrons. The van der Waals surface area contributed by atoms with Crippen LogP contribution in [0.15, 0.2) is 37.9 Å². The van der Waals surface area contributed by atoms with Crippen molar-refractivity contribution in [3.63, 3.8) is 0 Å². The highest BCUT2D eigenvalue weighted by molar-refractivity contribution is 9.12. The molecule has 1 atom stereocenters. The predicted molar refractivity (Wildman–Crippen MR) is 89.3 cm³/mol. The van der Waals surface area contributed by atoms with Gasteiger partial charge in [-0.05, 0) is 67.5 Å². The van der Waals surface area contributed by atoms with Gasteiger partial charge in [0, 0.05) is 0 Å². The SMILES string of the molecule is CCc1ccc(CC(NN)c2cc(Br)sc2Br)cc1. The average Bonchev–Trinajstić information content (AvgIpc) is 2.75. The number of nitrogens with one attached hydrogen (secondary N) is 1. The summed E-state index contributed by atoms with van der Waals surface area (Å²) in [6.07, 6.45) is 1.95. The van der Waals surface area contributed by atoms with Crippen molar-refractivity contribution >= 4 is 43.2 Å². The van der Waals surface area contributed by atoms with Crippen LogP contribution in [-0.4, -0.2) is 0 Å². The first-order valence-electron chi connectivity index (χ1n) is 6.12. The minimum Gasteiger partial charge on any atom is -0.271 e. The molecule has 2 rings (SSSR count). The van der Waals surface area contributed by atoms with Gasteiger partial charge in [0.05, 0.1) is 13.6 Å². The van der Waals surface area contributed by atoms with Crippen LogP contribution in [0.2, 0.25) is 0 Å². The first-order valence-corrected chi connectivity index (χ1v) is 8.53. The van der Waals surface area contributed by atoms with Gasteiger partial charge in [0.2, 0.25) is 0 Å². The van der Waals surface area contributed by atoms with Crippen molar-refractivity contribution < 1.29 is 0 Å². The Morgan fingerprint density at radius 2 is 1.84 bits per heavy atom. The second-order valence-corrected chi connectivity index (χ2v) is 8.12. The lowest BCUT2D eigenvalue weighted by Crippen LogP contribution is -2.29. The molecule has 0 saturated carbocycles. The summed E-state index contributed by atoms with van der Waals surface area (Å²) in [5, 5.41) is 0. The summed E-state index contributed by atoms with van der Waals surface area (Å²) in [5.74, 6) is 5.71. The van der Waals surface area contributed by atoms with Crippen LogP contribution in [0.1, 0.15) is 29.7 Å². The molecule has 1 aromatic heterocycles. The van der Waals surface area contributed by atoms with Crippen molar-refractivity contribution in [1.29, 1.82) is 0 Å². The zero-order valence-corrected chi connectivity index (χ0v) is 14.6. The average molecular weight is 404 g/mol. The zero-order chi connectivity index (χ0) is 13.8. The lowest BCUT2D eigenvalue weighted by atomic mass is 10.0. The van der Waals surface area contributed by atoms with Crippen LogP contribution in [0.3, 0.4) is 0 Å². The van der Waals surface area contributed by atoms with Gasteiger partial charge in [-0.2, -0.15) is 0 Å². The maximum Gasteiger partial charge on any atom is 0.0758 e. The van der Waals surface area contributed by atoms with Gasteiger partial charge in [0.1, 0.15) is 0 Å². The normalized spacial score (nSPS) is 12.6. The molecule has 0 fully saturated rings. The molecule has 0 saturated heterocycles. The molecule has 102 valence electrons. The molecular weight excluding hydrogens is 388 g/mol. The molecule has 0 bridgehead atoms. The van der Waals surface area contributed by atoms with Gasteiger partial charge < -0.3 is 0 Å². The maximum absolute atomic E-state index is 5.71. The van der Waals surface area contributed by atoms with E-state index in [0.29, 0.717) is 0 Å². The van der Waals surface area contributed by atoms with Crippen molar-refractivity contribution in [3.8, 4) is 0 Å². The zero-order valence-electron chi connectivity index (χ0n) is 10.6. The second kappa shape index (κ2) is 6.99. The third-order valence-corrected chi connectivity index (χ3v) is 5.52. The molecule has 19 heavy (non-hydrogen) atoms. The Labute approximate surface area is 134 Å². The van der Waals surface area contributed by atoms with Crippen molar-refractivity contribution in [1.82, 2.24) is 5.43 Å². The van der Waals surface area contributed by atoms with Crippen LogP contribution in [-0.2, 0) is 12.8 Å². The Morgan fingerprint density at radius 1 is 1.21 bits per heavy atom. The van der Waals surface area contributed by atoms with Crippen molar-refractivity contribution in [2.75, 3.05) is 0 Å². The molecule has 1 aromatic carbocycles. The highest BCUT2D eigenvalue weighted by Gasteiger charge is 2.16. The largest absolute Gasteiger partial charge is 0.271 e. The molecule has 5 heteroatoms. The molecule has 0 amide bonds. The topological polar surface area (TPSA) is 38.0 Å². The molecule has 0 aliphatic heterocycles. The molecule has 2 nitrogen and oxygen atoms in total. The van der Waals surface area contributed by atoms with Gasteiger partial charge in [-0.3, -0.25) is 11.3 Å². The minimum absolute atomic E-state index is 0.115. The number of hydrogen-bond donors (Lipinski definition) is 2. The number of benzene rings is 1. The van der Waals surface area contributed by atoms with E-state index in [9.17, 15) is 0 Å². The third kappa shape index (κ3) is 3.89. The number of nitrogens with two attached hydrogens (primary N) is 1. The summed E-state index contributed by atoms with van der Waals surface area (Å²) < 4.78 is 2.23. The van der Waals surface area contributed by atoms with Crippen LogP contribution < -0.4 is 11.3 Å². The molecule has 0 aliphatic rings. The smallest absolute Gasteiger partial charge is 0.0758 e. The van der Waals surface area contributed by atoms with Gasteiger partial charge >= 0.3 is 0 Å². The van der Waals surface area contributed by atoms with Crippen molar-refractivity contribution in [3.05, 3.63) is 54.6 Å². The van der Waals surface area contributed by atoms with Crippen molar-refractivity contribution in [2.24, 2.45) is 5.84 Å². The first-order chi connectivity index (χ1) is 9.13. The lowest BCUT2D eigenvalue weighted by Gasteiger charge is -2.15. The van der Waals surface area contributed by atoms with E-state index in [1.807, 2.05) is 0 Å². The van der Waals surface area contributed by atoms with E-state index in [1.165, 1.54) is 16.7 Å². The summed E-state index contributed by atoms with van der Waals surface area (Å²) in [6, 6.07) is 10.9. The monoisotopic (exact) mass is 402 g/mol. The number of thiophene rings is 1. The second-order valence-electron chi connectivity index (χ2n) is 4.37. The molecular formula is C14H16Br2N2S. The number of hydrogen-bond acceptors (Lipinski definition) is 3. The van der Waals surface area contributed by atoms with Gasteiger partial charge in [0.15, 0.2) is 0 Å². The summed E-state index contributed by atoms with van der Waals surface area (Å²) in [6.45, 7) is 2.17. The molecule has 1 unspecified atom stereocenters. The predicted octanol–water partition coefficient (Wildman–Crippen LogP) is 4.58. The molecule has 3 N–H and O–H groups in total. The van der Waals surface area contributed by atoms with E-state index in [0.717, 1.165) is 20.4 Å². The van der Waals surface area contributed by atoms with E-state index < -0.39 is 0 Å². The molecule has 1 heterocycles. The number of hydrazine groups is 1. The van der Waals surface area contributed by atoms with E-state index >= 15 is 0 Å². The van der Waals surface area contributed by atoms with E-state index in [1.54, 1.807) is 11.3 Å². The maximum atomic E-state index is 5.71. The van der Waals surface area contributed by atoms with Crippen LogP contribution in [0.25, 0.3) is 0 Å². The Kier molecular flexibility index (Phi) is 5.59. The number of aryl methyl sites for hydroxylation is 1. The highest BCUT2D eigenvalue weighted by atomic mass is 79.9. The minimum atomic E-state index is 0.115. The van der Waals surface area contributed by atoms with E-state index in [4.69, 9.17) is 5.84 Å². The standard InChI is InChI=1S/C14H16Br2N2S/c1-2-9-3-5-10(6-4-9)7-12(18-17)11-8-13(15)19-14(11)16/h3-6,8,12,18H,2,7,17H2,1H3. The Bertz CT molecular complexity index is 537. The van der Waals surface area contributed by atoms with Gasteiger partial charge in [-0.25, -0.2) is 0 Å². The molecule has 0 aliphatic carbocycles. The van der Waals surface area contributed by atoms with Crippen LogP contribution >= 0.6 is 43.2 Å². The van der Waals surface area contributed by atoms with E-state index in [2.05, 4.69) is 74.5 Å².